The molecule has 1 aliphatic heterocycles. The topological polar surface area (TPSA) is 20.2 Å². The van der Waals surface area contributed by atoms with Gasteiger partial charge in [0.2, 0.25) is 0 Å². The van der Waals surface area contributed by atoms with E-state index in [-0.39, 0.29) is 5.92 Å². The number of likely N-dealkylation sites (tertiary alicyclic amines) is 1. The number of benzene rings is 2. The molecular weight excluding hydrogens is 306 g/mol. The molecular formula is C23H30NO+. The lowest BCUT2D eigenvalue weighted by Crippen LogP contribution is -2.46. The van der Waals surface area contributed by atoms with Crippen molar-refractivity contribution in [3.8, 4) is 5.75 Å². The molecule has 0 bridgehead atoms. The van der Waals surface area contributed by atoms with E-state index in [9.17, 15) is 5.11 Å². The Morgan fingerprint density at radius 3 is 2.52 bits per heavy atom. The van der Waals surface area contributed by atoms with Gasteiger partial charge in [-0.25, -0.2) is 0 Å². The van der Waals surface area contributed by atoms with Gasteiger partial charge in [0.25, 0.3) is 0 Å². The molecule has 1 saturated heterocycles. The van der Waals surface area contributed by atoms with Gasteiger partial charge in [-0.3, -0.25) is 0 Å². The van der Waals surface area contributed by atoms with E-state index in [4.69, 9.17) is 0 Å². The number of hydrogen-bond donors (Lipinski definition) is 1. The fourth-order valence-corrected chi connectivity index (χ4v) is 4.32. The Hall–Kier alpha value is -2.06. The number of phenolic OH excluding ortho intramolecular Hbond substituents is 1. The molecule has 3 rings (SSSR count). The summed E-state index contributed by atoms with van der Waals surface area (Å²) in [6.45, 7) is 10.8. The van der Waals surface area contributed by atoms with Gasteiger partial charge in [0.15, 0.2) is 0 Å². The molecule has 132 valence electrons. The van der Waals surface area contributed by atoms with Crippen LogP contribution in [0.3, 0.4) is 0 Å². The van der Waals surface area contributed by atoms with Crippen molar-refractivity contribution >= 4 is 0 Å². The van der Waals surface area contributed by atoms with Crippen LogP contribution in [0.15, 0.2) is 61.2 Å². The molecule has 2 nitrogen and oxygen atoms in total. The maximum atomic E-state index is 10.5. The van der Waals surface area contributed by atoms with Crippen molar-refractivity contribution in [2.45, 2.75) is 32.1 Å². The van der Waals surface area contributed by atoms with Crippen LogP contribution in [-0.2, 0) is 0 Å². The van der Waals surface area contributed by atoms with Crippen LogP contribution >= 0.6 is 0 Å². The predicted molar refractivity (Wildman–Crippen MR) is 105 cm³/mol. The van der Waals surface area contributed by atoms with Gasteiger partial charge in [0.1, 0.15) is 5.75 Å². The second-order valence-electron chi connectivity index (χ2n) is 7.51. The summed E-state index contributed by atoms with van der Waals surface area (Å²) < 4.78 is 1.15. The third-order valence-electron chi connectivity index (χ3n) is 5.68. The molecule has 1 atom stereocenters. The molecule has 1 aliphatic rings. The molecule has 1 heterocycles. The number of aromatic hydroxyl groups is 1. The van der Waals surface area contributed by atoms with Crippen molar-refractivity contribution in [1.82, 2.24) is 0 Å². The number of rotatable bonds is 7. The Labute approximate surface area is 152 Å². The highest BCUT2D eigenvalue weighted by atomic mass is 16.3. The minimum absolute atomic E-state index is 0.238. The predicted octanol–water partition coefficient (Wildman–Crippen LogP) is 5.02. The summed E-state index contributed by atoms with van der Waals surface area (Å²) in [4.78, 5) is 0. The first-order valence-corrected chi connectivity index (χ1v) is 9.44. The normalized spacial score (nSPS) is 17.3. The first-order valence-electron chi connectivity index (χ1n) is 9.44. The molecule has 0 spiro atoms. The third-order valence-corrected chi connectivity index (χ3v) is 5.68. The summed E-state index contributed by atoms with van der Waals surface area (Å²) in [6, 6.07) is 16.6. The van der Waals surface area contributed by atoms with E-state index in [2.05, 4.69) is 56.0 Å². The van der Waals surface area contributed by atoms with Gasteiger partial charge in [-0.05, 0) is 24.6 Å². The summed E-state index contributed by atoms with van der Waals surface area (Å²) in [7, 11) is 0. The largest absolute Gasteiger partial charge is 0.508 e. The summed E-state index contributed by atoms with van der Waals surface area (Å²) in [6.07, 6.45) is 5.76. The minimum atomic E-state index is 0.238. The van der Waals surface area contributed by atoms with Crippen molar-refractivity contribution in [3.63, 3.8) is 0 Å². The lowest BCUT2D eigenvalue weighted by atomic mass is 9.86. The second kappa shape index (κ2) is 7.88. The maximum Gasteiger partial charge on any atom is 0.119 e. The maximum absolute atomic E-state index is 10.5. The number of phenols is 1. The fourth-order valence-electron chi connectivity index (χ4n) is 4.32. The van der Waals surface area contributed by atoms with E-state index in [0.717, 1.165) is 29.6 Å². The zero-order chi connectivity index (χ0) is 17.7. The van der Waals surface area contributed by atoms with Crippen molar-refractivity contribution in [3.05, 3.63) is 77.9 Å². The van der Waals surface area contributed by atoms with Crippen molar-refractivity contribution in [2.75, 3.05) is 26.2 Å². The van der Waals surface area contributed by atoms with Gasteiger partial charge >= 0.3 is 0 Å². The molecule has 1 unspecified atom stereocenters. The number of hydrogen-bond acceptors (Lipinski definition) is 1. The lowest BCUT2D eigenvalue weighted by molar-refractivity contribution is -0.911. The van der Waals surface area contributed by atoms with Gasteiger partial charge in [-0.2, -0.15) is 0 Å². The molecule has 2 aromatic carbocycles. The standard InChI is InChI=1S/C23H29NO/c1-3-14-24(15-7-8-16-24)17-13-21(20-9-5-4-6-10-20)22-18-19(2)11-12-23(22)25/h3-6,9-12,18,21H,1,7-8,13-17H2,2H3/p+1. The van der Waals surface area contributed by atoms with Crippen LogP contribution < -0.4 is 0 Å². The SMILES string of the molecule is C=CC[N+]1(CCC(c2ccccc2)c2cc(C)ccc2O)CCCC1. The van der Waals surface area contributed by atoms with E-state index in [1.807, 2.05) is 12.1 Å². The molecule has 0 saturated carbocycles. The number of quaternary nitrogens is 1. The first-order chi connectivity index (χ1) is 12.1. The lowest BCUT2D eigenvalue weighted by Gasteiger charge is -2.35. The molecule has 2 aromatic rings. The Morgan fingerprint density at radius 1 is 1.12 bits per heavy atom. The highest BCUT2D eigenvalue weighted by Gasteiger charge is 2.32. The van der Waals surface area contributed by atoms with Gasteiger partial charge < -0.3 is 9.59 Å². The van der Waals surface area contributed by atoms with Gasteiger partial charge in [-0.15, -0.1) is 0 Å². The molecule has 1 N–H and O–H groups in total. The average Bonchev–Trinajstić information content (AvgIpc) is 3.08. The average molecular weight is 336 g/mol. The minimum Gasteiger partial charge on any atom is -0.508 e. The van der Waals surface area contributed by atoms with E-state index in [0.29, 0.717) is 5.75 Å². The molecule has 0 aliphatic carbocycles. The van der Waals surface area contributed by atoms with Gasteiger partial charge in [0, 0.05) is 30.7 Å². The highest BCUT2D eigenvalue weighted by Crippen LogP contribution is 2.36. The monoisotopic (exact) mass is 336 g/mol. The van der Waals surface area contributed by atoms with Crippen molar-refractivity contribution in [1.29, 1.82) is 0 Å². The van der Waals surface area contributed by atoms with Crippen LogP contribution in [0.1, 0.15) is 41.9 Å². The van der Waals surface area contributed by atoms with Gasteiger partial charge in [-0.1, -0.05) is 54.6 Å². The third kappa shape index (κ3) is 4.13. The van der Waals surface area contributed by atoms with Crippen LogP contribution in [0.4, 0.5) is 0 Å². The van der Waals surface area contributed by atoms with Crippen LogP contribution in [0.5, 0.6) is 5.75 Å². The number of nitrogens with zero attached hydrogens (tertiary/aromatic N) is 1. The van der Waals surface area contributed by atoms with E-state index in [1.54, 1.807) is 0 Å². The second-order valence-corrected chi connectivity index (χ2v) is 7.51. The van der Waals surface area contributed by atoms with Crippen LogP contribution in [0.25, 0.3) is 0 Å². The molecule has 25 heavy (non-hydrogen) atoms. The molecule has 0 amide bonds. The first kappa shape index (κ1) is 17.8. The summed E-state index contributed by atoms with van der Waals surface area (Å²) in [5.41, 5.74) is 3.55. The molecule has 2 heteroatoms. The summed E-state index contributed by atoms with van der Waals surface area (Å²) >= 11 is 0. The smallest absolute Gasteiger partial charge is 0.119 e. The quantitative estimate of drug-likeness (QED) is 0.556. The molecule has 1 fully saturated rings. The van der Waals surface area contributed by atoms with E-state index in [1.165, 1.54) is 37.1 Å². The van der Waals surface area contributed by atoms with Crippen LogP contribution in [-0.4, -0.2) is 35.8 Å². The summed E-state index contributed by atoms with van der Waals surface area (Å²) in [5, 5.41) is 10.5. The molecule has 0 aromatic heterocycles. The Balaban J connectivity index is 1.89. The number of aryl methyl sites for hydroxylation is 1. The Kier molecular flexibility index (Phi) is 5.60. The Morgan fingerprint density at radius 2 is 1.84 bits per heavy atom. The molecule has 0 radical (unpaired) electrons. The van der Waals surface area contributed by atoms with E-state index >= 15 is 0 Å². The van der Waals surface area contributed by atoms with Crippen molar-refractivity contribution in [2.24, 2.45) is 0 Å². The van der Waals surface area contributed by atoms with Crippen LogP contribution in [0.2, 0.25) is 0 Å². The highest BCUT2D eigenvalue weighted by molar-refractivity contribution is 5.43. The van der Waals surface area contributed by atoms with Crippen molar-refractivity contribution < 1.29 is 9.59 Å². The Bertz CT molecular complexity index is 701. The van der Waals surface area contributed by atoms with Crippen LogP contribution in [0, 0.1) is 6.92 Å². The van der Waals surface area contributed by atoms with E-state index < -0.39 is 0 Å². The zero-order valence-corrected chi connectivity index (χ0v) is 15.3. The van der Waals surface area contributed by atoms with Gasteiger partial charge in [0.05, 0.1) is 26.2 Å². The fraction of sp³-hybridized carbons (Fsp3) is 0.391. The zero-order valence-electron chi connectivity index (χ0n) is 15.3. The summed E-state index contributed by atoms with van der Waals surface area (Å²) in [5.74, 6) is 0.651.